The quantitative estimate of drug-likeness (QED) is 0.284. The number of amides is 1. The first kappa shape index (κ1) is 22.3. The Bertz CT molecular complexity index is 1800. The largest absolute Gasteiger partial charge is 0.339 e. The first-order valence-electron chi connectivity index (χ1n) is 12.8. The van der Waals surface area contributed by atoms with Gasteiger partial charge < -0.3 is 9.88 Å². The second-order valence-electron chi connectivity index (χ2n) is 9.85. The summed E-state index contributed by atoms with van der Waals surface area (Å²) >= 11 is 0. The zero-order valence-corrected chi connectivity index (χ0v) is 21.2. The van der Waals surface area contributed by atoms with Crippen LogP contribution < -0.4 is 4.90 Å². The summed E-state index contributed by atoms with van der Waals surface area (Å²) in [6.45, 7) is 2.09. The third kappa shape index (κ3) is 3.32. The monoisotopic (exact) mass is 494 g/mol. The van der Waals surface area contributed by atoms with Crippen molar-refractivity contribution in [2.45, 2.75) is 12.8 Å². The first-order valence-corrected chi connectivity index (χ1v) is 12.8. The number of aromatic nitrogens is 3. The Hall–Kier alpha value is -4.90. The summed E-state index contributed by atoms with van der Waals surface area (Å²) in [7, 11) is 1.86. The van der Waals surface area contributed by atoms with Crippen molar-refractivity contribution < 1.29 is 4.79 Å². The van der Waals surface area contributed by atoms with E-state index in [1.54, 1.807) is 4.90 Å². The molecule has 0 saturated heterocycles. The van der Waals surface area contributed by atoms with E-state index in [0.717, 1.165) is 56.0 Å². The van der Waals surface area contributed by atoms with Crippen LogP contribution in [-0.4, -0.2) is 27.7 Å². The highest BCUT2D eigenvalue weighted by atomic mass is 16.2. The molecule has 3 heterocycles. The van der Waals surface area contributed by atoms with E-state index in [4.69, 9.17) is 5.10 Å². The van der Waals surface area contributed by atoms with E-state index in [2.05, 4.69) is 66.5 Å². The molecule has 0 fully saturated rings. The number of carbonyl (C=O) groups is 1. The molecule has 0 aliphatic carbocycles. The minimum absolute atomic E-state index is 0.0620. The van der Waals surface area contributed by atoms with E-state index in [9.17, 15) is 4.79 Å². The summed E-state index contributed by atoms with van der Waals surface area (Å²) in [5.41, 5.74) is 9.80. The molecule has 0 saturated carbocycles. The average Bonchev–Trinajstić information content (AvgIpc) is 3.60. The number of aryl methyl sites for hydroxylation is 1. The van der Waals surface area contributed by atoms with Crippen molar-refractivity contribution in [2.75, 3.05) is 11.9 Å². The molecule has 4 aromatic carbocycles. The Labute approximate surface area is 221 Å². The second-order valence-corrected chi connectivity index (χ2v) is 9.85. The molecular formula is C33H26N4O. The van der Waals surface area contributed by atoms with Gasteiger partial charge in [-0.1, -0.05) is 96.6 Å². The lowest BCUT2D eigenvalue weighted by Crippen LogP contribution is -2.24. The molecule has 7 rings (SSSR count). The summed E-state index contributed by atoms with van der Waals surface area (Å²) in [6, 6.07) is 36.9. The standard InChI is InChI=1S/C33H26N4O/c1-21-17-19-23(20-18-21)30-28(27-25-15-9-10-16-26(25)36(2)33(27)38)29-31(22-11-5-3-6-12-22)35-37(32(29)34-30)24-13-7-4-8-14-24/h3-20,27,34H,1-2H3. The summed E-state index contributed by atoms with van der Waals surface area (Å²) in [5, 5.41) is 6.10. The normalized spacial score (nSPS) is 14.8. The highest BCUT2D eigenvalue weighted by Gasteiger charge is 2.40. The van der Waals surface area contributed by atoms with Crippen LogP contribution in [0.15, 0.2) is 109 Å². The fraction of sp³-hybridized carbons (Fsp3) is 0.0909. The van der Waals surface area contributed by atoms with Crippen molar-refractivity contribution in [3.05, 3.63) is 126 Å². The number of carbonyl (C=O) groups excluding carboxylic acids is 1. The molecule has 0 spiro atoms. The molecular weight excluding hydrogens is 468 g/mol. The van der Waals surface area contributed by atoms with Crippen molar-refractivity contribution in [1.82, 2.24) is 14.8 Å². The van der Waals surface area contributed by atoms with Gasteiger partial charge in [0, 0.05) is 23.9 Å². The lowest BCUT2D eigenvalue weighted by molar-refractivity contribution is -0.118. The lowest BCUT2D eigenvalue weighted by Gasteiger charge is -2.14. The summed E-state index contributed by atoms with van der Waals surface area (Å²) in [6.07, 6.45) is 0. The number of hydrogen-bond donors (Lipinski definition) is 1. The number of para-hydroxylation sites is 2. The fourth-order valence-corrected chi connectivity index (χ4v) is 5.65. The number of hydrogen-bond acceptors (Lipinski definition) is 2. The minimum atomic E-state index is -0.447. The number of benzene rings is 4. The maximum Gasteiger partial charge on any atom is 0.238 e. The Kier molecular flexibility index (Phi) is 5.05. The van der Waals surface area contributed by atoms with Crippen LogP contribution in [0.2, 0.25) is 0 Å². The summed E-state index contributed by atoms with van der Waals surface area (Å²) in [5.74, 6) is -0.385. The van der Waals surface area contributed by atoms with Gasteiger partial charge in [0.1, 0.15) is 11.3 Å². The molecule has 1 aliphatic heterocycles. The average molecular weight is 495 g/mol. The van der Waals surface area contributed by atoms with Gasteiger partial charge in [-0.15, -0.1) is 0 Å². The Balaban J connectivity index is 1.62. The highest BCUT2D eigenvalue weighted by Crippen LogP contribution is 2.48. The van der Waals surface area contributed by atoms with Crippen LogP contribution in [0, 0.1) is 6.92 Å². The van der Waals surface area contributed by atoms with Gasteiger partial charge in [-0.25, -0.2) is 4.68 Å². The number of H-pyrrole nitrogens is 1. The van der Waals surface area contributed by atoms with E-state index in [1.165, 1.54) is 5.56 Å². The minimum Gasteiger partial charge on any atom is -0.339 e. The molecule has 1 atom stereocenters. The van der Waals surface area contributed by atoms with Crippen LogP contribution in [0.4, 0.5) is 5.69 Å². The van der Waals surface area contributed by atoms with Crippen LogP contribution in [0.3, 0.4) is 0 Å². The van der Waals surface area contributed by atoms with Gasteiger partial charge in [0.2, 0.25) is 5.91 Å². The van der Waals surface area contributed by atoms with Crippen molar-refractivity contribution >= 4 is 22.6 Å². The summed E-state index contributed by atoms with van der Waals surface area (Å²) in [4.78, 5) is 19.5. The van der Waals surface area contributed by atoms with Crippen LogP contribution in [-0.2, 0) is 4.79 Å². The Morgan fingerprint density at radius 2 is 1.42 bits per heavy atom. The van der Waals surface area contributed by atoms with Crippen molar-refractivity contribution in [3.63, 3.8) is 0 Å². The molecule has 1 N–H and O–H groups in total. The van der Waals surface area contributed by atoms with Gasteiger partial charge in [0.15, 0.2) is 0 Å². The molecule has 38 heavy (non-hydrogen) atoms. The smallest absolute Gasteiger partial charge is 0.238 e. The number of nitrogens with one attached hydrogen (secondary N) is 1. The zero-order valence-electron chi connectivity index (χ0n) is 21.2. The van der Waals surface area contributed by atoms with Crippen LogP contribution in [0.25, 0.3) is 39.2 Å². The van der Waals surface area contributed by atoms with E-state index >= 15 is 0 Å². The molecule has 2 aromatic heterocycles. The van der Waals surface area contributed by atoms with E-state index in [-0.39, 0.29) is 5.91 Å². The van der Waals surface area contributed by atoms with Gasteiger partial charge in [-0.2, -0.15) is 5.10 Å². The molecule has 1 aliphatic rings. The predicted molar refractivity (Wildman–Crippen MR) is 153 cm³/mol. The highest BCUT2D eigenvalue weighted by molar-refractivity contribution is 6.12. The number of rotatable bonds is 4. The van der Waals surface area contributed by atoms with Gasteiger partial charge in [0.25, 0.3) is 0 Å². The van der Waals surface area contributed by atoms with Gasteiger partial charge in [0.05, 0.1) is 22.7 Å². The maximum absolute atomic E-state index is 14.0. The Morgan fingerprint density at radius 3 is 2.16 bits per heavy atom. The second kappa shape index (κ2) is 8.60. The molecule has 6 aromatic rings. The SMILES string of the molecule is Cc1ccc(-c2[nH]c3c(c(-c4ccccc4)nn3-c3ccccc3)c2C2C(=O)N(C)c3ccccc32)cc1. The maximum atomic E-state index is 14.0. The van der Waals surface area contributed by atoms with Crippen molar-refractivity contribution in [1.29, 1.82) is 0 Å². The number of anilines is 1. The number of fused-ring (bicyclic) bond motifs is 2. The van der Waals surface area contributed by atoms with E-state index in [1.807, 2.05) is 66.3 Å². The Morgan fingerprint density at radius 1 is 0.763 bits per heavy atom. The van der Waals surface area contributed by atoms with Gasteiger partial charge in [-0.05, 0) is 36.2 Å². The molecule has 1 amide bonds. The molecule has 0 radical (unpaired) electrons. The van der Waals surface area contributed by atoms with Crippen LogP contribution >= 0.6 is 0 Å². The van der Waals surface area contributed by atoms with Crippen molar-refractivity contribution in [3.8, 4) is 28.2 Å². The third-order valence-electron chi connectivity index (χ3n) is 7.53. The number of nitrogens with zero attached hydrogens (tertiary/aromatic N) is 3. The van der Waals surface area contributed by atoms with Crippen LogP contribution in [0.5, 0.6) is 0 Å². The van der Waals surface area contributed by atoms with E-state index in [0.29, 0.717) is 0 Å². The molecule has 184 valence electrons. The third-order valence-corrected chi connectivity index (χ3v) is 7.53. The molecule has 1 unspecified atom stereocenters. The summed E-state index contributed by atoms with van der Waals surface area (Å²) < 4.78 is 1.97. The first-order chi connectivity index (χ1) is 18.6. The van der Waals surface area contributed by atoms with Gasteiger partial charge >= 0.3 is 0 Å². The van der Waals surface area contributed by atoms with Gasteiger partial charge in [-0.3, -0.25) is 4.79 Å². The van der Waals surface area contributed by atoms with Crippen LogP contribution in [0.1, 0.15) is 22.6 Å². The number of likely N-dealkylation sites (N-methyl/N-ethyl adjacent to an activating group) is 1. The molecule has 5 nitrogen and oxygen atoms in total. The predicted octanol–water partition coefficient (Wildman–Crippen LogP) is 7.10. The van der Waals surface area contributed by atoms with E-state index < -0.39 is 5.92 Å². The molecule has 5 heteroatoms. The number of aromatic amines is 1. The zero-order chi connectivity index (χ0) is 25.8. The van der Waals surface area contributed by atoms with Crippen molar-refractivity contribution in [2.24, 2.45) is 0 Å². The molecule has 0 bridgehead atoms. The lowest BCUT2D eigenvalue weighted by atomic mass is 9.88. The topological polar surface area (TPSA) is 53.9 Å². The fourth-order valence-electron chi connectivity index (χ4n) is 5.65.